The van der Waals surface area contributed by atoms with Gasteiger partial charge < -0.3 is 15.6 Å². The summed E-state index contributed by atoms with van der Waals surface area (Å²) in [6.07, 6.45) is 4.03. The highest BCUT2D eigenvalue weighted by Crippen LogP contribution is 2.15. The van der Waals surface area contributed by atoms with Gasteiger partial charge in [-0.2, -0.15) is 0 Å². The van der Waals surface area contributed by atoms with Gasteiger partial charge in [0.2, 0.25) is 5.91 Å². The van der Waals surface area contributed by atoms with Crippen LogP contribution >= 0.6 is 0 Å². The number of aromatic nitrogens is 1. The first-order valence-corrected chi connectivity index (χ1v) is 6.93. The molecule has 1 aromatic heterocycles. The first-order valence-electron chi connectivity index (χ1n) is 6.93. The van der Waals surface area contributed by atoms with Gasteiger partial charge in [-0.3, -0.25) is 9.69 Å². The summed E-state index contributed by atoms with van der Waals surface area (Å²) < 4.78 is 5.22. The van der Waals surface area contributed by atoms with Crippen LogP contribution in [0.3, 0.4) is 0 Å². The fraction of sp³-hybridized carbons (Fsp3) is 0.692. The number of nitrogens with two attached hydrogens (primary N) is 1. The number of rotatable bonds is 6. The van der Waals surface area contributed by atoms with Crippen LogP contribution in [-0.2, 0) is 11.3 Å². The van der Waals surface area contributed by atoms with Crippen LogP contribution in [0.15, 0.2) is 10.6 Å². The second-order valence-corrected chi connectivity index (χ2v) is 5.05. The van der Waals surface area contributed by atoms with Gasteiger partial charge in [-0.05, 0) is 32.4 Å². The Labute approximate surface area is 113 Å². The van der Waals surface area contributed by atoms with Crippen molar-refractivity contribution in [3.8, 4) is 0 Å². The molecule has 0 saturated carbocycles. The van der Waals surface area contributed by atoms with Gasteiger partial charge in [-0.15, -0.1) is 0 Å². The first kappa shape index (κ1) is 14.0. The number of nitrogens with one attached hydrogen (secondary N) is 1. The van der Waals surface area contributed by atoms with Crippen LogP contribution in [-0.4, -0.2) is 35.1 Å². The van der Waals surface area contributed by atoms with E-state index >= 15 is 0 Å². The molecule has 1 amide bonds. The topological polar surface area (TPSA) is 84.4 Å². The molecule has 3 N–H and O–H groups in total. The van der Waals surface area contributed by atoms with E-state index in [1.165, 1.54) is 12.8 Å². The summed E-state index contributed by atoms with van der Waals surface area (Å²) in [4.78, 5) is 14.0. The fourth-order valence-corrected chi connectivity index (χ4v) is 2.27. The molecule has 0 aromatic carbocycles. The Kier molecular flexibility index (Phi) is 4.93. The van der Waals surface area contributed by atoms with Crippen LogP contribution in [0, 0.1) is 0 Å². The molecule has 2 heterocycles. The molecule has 6 nitrogen and oxygen atoms in total. The van der Waals surface area contributed by atoms with Crippen molar-refractivity contribution in [2.75, 3.05) is 18.4 Å². The third kappa shape index (κ3) is 4.04. The van der Waals surface area contributed by atoms with E-state index in [-0.39, 0.29) is 5.91 Å². The Hall–Kier alpha value is -1.40. The van der Waals surface area contributed by atoms with Gasteiger partial charge in [0, 0.05) is 6.07 Å². The highest BCUT2D eigenvalue weighted by Gasteiger charge is 2.17. The van der Waals surface area contributed by atoms with Gasteiger partial charge in [0.15, 0.2) is 11.6 Å². The Morgan fingerprint density at radius 2 is 2.32 bits per heavy atom. The molecule has 6 heteroatoms. The van der Waals surface area contributed by atoms with E-state index in [2.05, 4.69) is 15.4 Å². The molecule has 1 atom stereocenters. The Morgan fingerprint density at radius 3 is 3.00 bits per heavy atom. The third-order valence-electron chi connectivity index (χ3n) is 3.32. The number of nitrogens with zero attached hydrogens (tertiary/aromatic N) is 2. The molecule has 0 bridgehead atoms. The van der Waals surface area contributed by atoms with Gasteiger partial charge >= 0.3 is 0 Å². The highest BCUT2D eigenvalue weighted by atomic mass is 16.5. The zero-order valence-corrected chi connectivity index (χ0v) is 11.4. The summed E-state index contributed by atoms with van der Waals surface area (Å²) in [5.74, 6) is 1.02. The van der Waals surface area contributed by atoms with Crippen LogP contribution in [0.5, 0.6) is 0 Å². The van der Waals surface area contributed by atoms with E-state index in [0.29, 0.717) is 12.2 Å². The normalized spacial score (nSPS) is 17.6. The molecular formula is C13H22N4O2. The third-order valence-corrected chi connectivity index (χ3v) is 3.32. The van der Waals surface area contributed by atoms with E-state index in [4.69, 9.17) is 10.3 Å². The van der Waals surface area contributed by atoms with Gasteiger partial charge in [0.1, 0.15) is 0 Å². The van der Waals surface area contributed by atoms with Crippen LogP contribution < -0.4 is 11.1 Å². The molecule has 1 aliphatic rings. The summed E-state index contributed by atoms with van der Waals surface area (Å²) in [6.45, 7) is 4.95. The van der Waals surface area contributed by atoms with Crippen LogP contribution in [0.1, 0.15) is 38.4 Å². The zero-order chi connectivity index (χ0) is 13.7. The standard InChI is InChI=1S/C13H22N4O2/c1-2-5-11(14)13(18)15-12-8-10(19-16-12)9-17-6-3-4-7-17/h8,11H,2-7,9,14H2,1H3,(H,15,16,18). The Balaban J connectivity index is 1.84. The predicted octanol–water partition coefficient (Wildman–Crippen LogP) is 1.34. The second-order valence-electron chi connectivity index (χ2n) is 5.05. The van der Waals surface area contributed by atoms with E-state index in [1.807, 2.05) is 6.92 Å². The lowest BCUT2D eigenvalue weighted by atomic mass is 10.2. The SMILES string of the molecule is CCCC(N)C(=O)Nc1cc(CN2CCCC2)on1. The lowest BCUT2D eigenvalue weighted by Crippen LogP contribution is -2.35. The maximum atomic E-state index is 11.7. The molecule has 1 aliphatic heterocycles. The molecule has 1 unspecified atom stereocenters. The minimum atomic E-state index is -0.483. The summed E-state index contributed by atoms with van der Waals surface area (Å²) in [5.41, 5.74) is 5.74. The van der Waals surface area contributed by atoms with E-state index in [9.17, 15) is 4.79 Å². The smallest absolute Gasteiger partial charge is 0.242 e. The van der Waals surface area contributed by atoms with Gasteiger partial charge in [-0.1, -0.05) is 18.5 Å². The van der Waals surface area contributed by atoms with Crippen LogP contribution in [0.25, 0.3) is 0 Å². The predicted molar refractivity (Wildman–Crippen MR) is 72.5 cm³/mol. The molecular weight excluding hydrogens is 244 g/mol. The van der Waals surface area contributed by atoms with Crippen molar-refractivity contribution >= 4 is 11.7 Å². The van der Waals surface area contributed by atoms with E-state index in [1.54, 1.807) is 6.07 Å². The number of hydrogen-bond acceptors (Lipinski definition) is 5. The highest BCUT2D eigenvalue weighted by molar-refractivity contribution is 5.93. The molecule has 1 fully saturated rings. The number of carbonyl (C=O) groups excluding carboxylic acids is 1. The average Bonchev–Trinajstić information content (AvgIpc) is 3.02. The molecule has 2 rings (SSSR count). The molecule has 106 valence electrons. The van der Waals surface area contributed by atoms with E-state index in [0.717, 1.165) is 31.8 Å². The Bertz CT molecular complexity index is 413. The maximum Gasteiger partial charge on any atom is 0.242 e. The van der Waals surface area contributed by atoms with Crippen molar-refractivity contribution in [1.82, 2.24) is 10.1 Å². The number of amides is 1. The monoisotopic (exact) mass is 266 g/mol. The van der Waals surface area contributed by atoms with Crippen molar-refractivity contribution in [1.29, 1.82) is 0 Å². The second kappa shape index (κ2) is 6.68. The lowest BCUT2D eigenvalue weighted by molar-refractivity contribution is -0.117. The maximum absolute atomic E-state index is 11.7. The zero-order valence-electron chi connectivity index (χ0n) is 11.4. The molecule has 0 radical (unpaired) electrons. The molecule has 0 spiro atoms. The van der Waals surface area contributed by atoms with Crippen molar-refractivity contribution in [3.63, 3.8) is 0 Å². The molecule has 1 aromatic rings. The number of anilines is 1. The van der Waals surface area contributed by atoms with Crippen molar-refractivity contribution in [2.45, 2.75) is 45.2 Å². The van der Waals surface area contributed by atoms with Gasteiger partial charge in [-0.25, -0.2) is 0 Å². The van der Waals surface area contributed by atoms with Gasteiger partial charge in [0.25, 0.3) is 0 Å². The van der Waals surface area contributed by atoms with Crippen molar-refractivity contribution in [3.05, 3.63) is 11.8 Å². The molecule has 1 saturated heterocycles. The number of carbonyl (C=O) groups is 1. The molecule has 19 heavy (non-hydrogen) atoms. The quantitative estimate of drug-likeness (QED) is 0.811. The largest absolute Gasteiger partial charge is 0.358 e. The van der Waals surface area contributed by atoms with Crippen LogP contribution in [0.4, 0.5) is 5.82 Å². The number of likely N-dealkylation sites (tertiary alicyclic amines) is 1. The minimum Gasteiger partial charge on any atom is -0.358 e. The van der Waals surface area contributed by atoms with Gasteiger partial charge in [0.05, 0.1) is 12.6 Å². The number of hydrogen-bond donors (Lipinski definition) is 2. The van der Waals surface area contributed by atoms with Crippen molar-refractivity contribution in [2.24, 2.45) is 5.73 Å². The summed E-state index contributed by atoms with van der Waals surface area (Å²) in [6, 6.07) is 1.29. The van der Waals surface area contributed by atoms with Crippen LogP contribution in [0.2, 0.25) is 0 Å². The summed E-state index contributed by atoms with van der Waals surface area (Å²) >= 11 is 0. The fourth-order valence-electron chi connectivity index (χ4n) is 2.27. The minimum absolute atomic E-state index is 0.206. The first-order chi connectivity index (χ1) is 9.19. The summed E-state index contributed by atoms with van der Waals surface area (Å²) in [7, 11) is 0. The van der Waals surface area contributed by atoms with E-state index < -0.39 is 6.04 Å². The van der Waals surface area contributed by atoms with Crippen molar-refractivity contribution < 1.29 is 9.32 Å². The summed E-state index contributed by atoms with van der Waals surface area (Å²) in [5, 5.41) is 6.54. The Morgan fingerprint density at radius 1 is 1.58 bits per heavy atom. The molecule has 0 aliphatic carbocycles. The lowest BCUT2D eigenvalue weighted by Gasteiger charge is -2.10. The average molecular weight is 266 g/mol.